The second-order valence-electron chi connectivity index (χ2n) is 4.63. The molecule has 1 aromatic carbocycles. The first-order chi connectivity index (χ1) is 6.31. The molecule has 0 aliphatic rings. The fraction of sp³-hybridized carbons (Fsp3) is 0.500. The average molecular weight is 256 g/mol. The molecule has 0 aliphatic heterocycles. The molecule has 2 N–H and O–H groups in total. The van der Waals surface area contributed by atoms with Crippen LogP contribution in [0, 0.1) is 13.8 Å². The predicted molar refractivity (Wildman–Crippen MR) is 65.6 cm³/mol. The summed E-state index contributed by atoms with van der Waals surface area (Å²) in [6.45, 7) is 8.40. The molecular formula is C12H18BrN. The normalized spacial score (nSPS) is 11.9. The second kappa shape index (κ2) is 4.03. The quantitative estimate of drug-likeness (QED) is 0.862. The molecule has 0 saturated heterocycles. The van der Waals surface area contributed by atoms with Gasteiger partial charge in [0.25, 0.3) is 0 Å². The Balaban J connectivity index is 3.13. The summed E-state index contributed by atoms with van der Waals surface area (Å²) >= 11 is 3.58. The minimum Gasteiger partial charge on any atom is -0.325 e. The van der Waals surface area contributed by atoms with Gasteiger partial charge in [-0.2, -0.15) is 0 Å². The summed E-state index contributed by atoms with van der Waals surface area (Å²) in [6.07, 6.45) is 0.904. The summed E-state index contributed by atoms with van der Waals surface area (Å²) in [5.74, 6) is 0. The van der Waals surface area contributed by atoms with Crippen LogP contribution in [0.4, 0.5) is 0 Å². The van der Waals surface area contributed by atoms with Gasteiger partial charge in [0.15, 0.2) is 0 Å². The van der Waals surface area contributed by atoms with E-state index in [0.29, 0.717) is 0 Å². The molecule has 0 saturated carbocycles. The van der Waals surface area contributed by atoms with Crippen LogP contribution in [0.2, 0.25) is 0 Å². The molecule has 2 heteroatoms. The second-order valence-corrected chi connectivity index (χ2v) is 5.49. The number of nitrogens with two attached hydrogens (primary N) is 1. The molecule has 14 heavy (non-hydrogen) atoms. The SMILES string of the molecule is Cc1ccc(Br)c(CC(C)(C)N)c1C. The van der Waals surface area contributed by atoms with Crippen molar-refractivity contribution in [3.8, 4) is 0 Å². The molecule has 1 rings (SSSR count). The third-order valence-electron chi connectivity index (χ3n) is 2.44. The van der Waals surface area contributed by atoms with Crippen LogP contribution in [-0.2, 0) is 6.42 Å². The number of halogens is 1. The third kappa shape index (κ3) is 2.82. The molecule has 0 heterocycles. The van der Waals surface area contributed by atoms with E-state index in [-0.39, 0.29) is 5.54 Å². The van der Waals surface area contributed by atoms with Crippen molar-refractivity contribution in [3.63, 3.8) is 0 Å². The summed E-state index contributed by atoms with van der Waals surface area (Å²) < 4.78 is 1.17. The molecule has 0 fully saturated rings. The molecule has 78 valence electrons. The zero-order valence-corrected chi connectivity index (χ0v) is 10.9. The van der Waals surface area contributed by atoms with E-state index >= 15 is 0 Å². The van der Waals surface area contributed by atoms with Gasteiger partial charge in [0.05, 0.1) is 0 Å². The Morgan fingerprint density at radius 3 is 2.36 bits per heavy atom. The van der Waals surface area contributed by atoms with E-state index in [4.69, 9.17) is 5.73 Å². The van der Waals surface area contributed by atoms with Crippen molar-refractivity contribution in [2.75, 3.05) is 0 Å². The lowest BCUT2D eigenvalue weighted by atomic mass is 9.91. The van der Waals surface area contributed by atoms with Crippen LogP contribution in [0.3, 0.4) is 0 Å². The monoisotopic (exact) mass is 255 g/mol. The van der Waals surface area contributed by atoms with Crippen molar-refractivity contribution in [1.82, 2.24) is 0 Å². The number of aryl methyl sites for hydroxylation is 1. The fourth-order valence-electron chi connectivity index (χ4n) is 1.51. The maximum atomic E-state index is 6.03. The van der Waals surface area contributed by atoms with E-state index in [1.165, 1.54) is 21.2 Å². The average Bonchev–Trinajstić information content (AvgIpc) is 2.04. The van der Waals surface area contributed by atoms with Gasteiger partial charge in [-0.3, -0.25) is 0 Å². The Labute approximate surface area is 94.8 Å². The lowest BCUT2D eigenvalue weighted by Gasteiger charge is -2.21. The zero-order valence-electron chi connectivity index (χ0n) is 9.32. The lowest BCUT2D eigenvalue weighted by molar-refractivity contribution is 0.514. The van der Waals surface area contributed by atoms with Gasteiger partial charge >= 0.3 is 0 Å². The summed E-state index contributed by atoms with van der Waals surface area (Å²) in [4.78, 5) is 0. The van der Waals surface area contributed by atoms with Gasteiger partial charge in [-0.25, -0.2) is 0 Å². The van der Waals surface area contributed by atoms with Crippen LogP contribution in [0.15, 0.2) is 16.6 Å². The van der Waals surface area contributed by atoms with E-state index in [1.807, 2.05) is 0 Å². The highest BCUT2D eigenvalue weighted by molar-refractivity contribution is 9.10. The Bertz CT molecular complexity index is 337. The first kappa shape index (κ1) is 11.7. The summed E-state index contributed by atoms with van der Waals surface area (Å²) in [5.41, 5.74) is 9.89. The first-order valence-electron chi connectivity index (χ1n) is 4.85. The number of benzene rings is 1. The molecule has 0 aromatic heterocycles. The maximum Gasteiger partial charge on any atom is 0.0210 e. The predicted octanol–water partition coefficient (Wildman–Crippen LogP) is 3.35. The molecule has 0 aliphatic carbocycles. The highest BCUT2D eigenvalue weighted by atomic mass is 79.9. The van der Waals surface area contributed by atoms with Crippen molar-refractivity contribution >= 4 is 15.9 Å². The standard InChI is InChI=1S/C12H18BrN/c1-8-5-6-11(13)10(9(8)2)7-12(3,4)14/h5-6H,7,14H2,1-4H3. The van der Waals surface area contributed by atoms with E-state index in [9.17, 15) is 0 Å². The number of hydrogen-bond donors (Lipinski definition) is 1. The molecule has 1 nitrogen and oxygen atoms in total. The fourth-order valence-corrected chi connectivity index (χ4v) is 2.08. The van der Waals surface area contributed by atoms with E-state index in [1.54, 1.807) is 0 Å². The van der Waals surface area contributed by atoms with Gasteiger partial charge in [0.1, 0.15) is 0 Å². The Kier molecular flexibility index (Phi) is 3.38. The van der Waals surface area contributed by atoms with Gasteiger partial charge in [0.2, 0.25) is 0 Å². The first-order valence-corrected chi connectivity index (χ1v) is 5.64. The van der Waals surface area contributed by atoms with Gasteiger partial charge in [0, 0.05) is 10.0 Å². The van der Waals surface area contributed by atoms with Crippen molar-refractivity contribution in [1.29, 1.82) is 0 Å². The smallest absolute Gasteiger partial charge is 0.0210 e. The van der Waals surface area contributed by atoms with Crippen LogP contribution in [-0.4, -0.2) is 5.54 Å². The summed E-state index contributed by atoms with van der Waals surface area (Å²) in [5, 5.41) is 0. The van der Waals surface area contributed by atoms with Crippen LogP contribution >= 0.6 is 15.9 Å². The van der Waals surface area contributed by atoms with Gasteiger partial charge in [-0.05, 0) is 56.9 Å². The molecule has 0 atom stereocenters. The summed E-state index contributed by atoms with van der Waals surface area (Å²) in [7, 11) is 0. The Morgan fingerprint density at radius 1 is 1.29 bits per heavy atom. The van der Waals surface area contributed by atoms with Crippen molar-refractivity contribution in [2.45, 2.75) is 39.7 Å². The topological polar surface area (TPSA) is 26.0 Å². The van der Waals surface area contributed by atoms with Gasteiger partial charge in [-0.1, -0.05) is 22.0 Å². The molecule has 0 spiro atoms. The molecule has 0 amide bonds. The van der Waals surface area contributed by atoms with Crippen molar-refractivity contribution in [3.05, 3.63) is 33.3 Å². The number of rotatable bonds is 2. The summed E-state index contributed by atoms with van der Waals surface area (Å²) in [6, 6.07) is 4.23. The van der Waals surface area contributed by atoms with E-state index < -0.39 is 0 Å². The maximum absolute atomic E-state index is 6.03. The third-order valence-corrected chi connectivity index (χ3v) is 3.19. The van der Waals surface area contributed by atoms with Gasteiger partial charge < -0.3 is 5.73 Å². The molecule has 1 aromatic rings. The molecule has 0 unspecified atom stereocenters. The largest absolute Gasteiger partial charge is 0.325 e. The highest BCUT2D eigenvalue weighted by Gasteiger charge is 2.16. The van der Waals surface area contributed by atoms with Crippen LogP contribution in [0.1, 0.15) is 30.5 Å². The molecule has 0 radical (unpaired) electrons. The van der Waals surface area contributed by atoms with Gasteiger partial charge in [-0.15, -0.1) is 0 Å². The lowest BCUT2D eigenvalue weighted by Crippen LogP contribution is -2.34. The van der Waals surface area contributed by atoms with Crippen LogP contribution in [0.5, 0.6) is 0 Å². The van der Waals surface area contributed by atoms with Crippen molar-refractivity contribution < 1.29 is 0 Å². The van der Waals surface area contributed by atoms with Crippen molar-refractivity contribution in [2.24, 2.45) is 5.73 Å². The zero-order chi connectivity index (χ0) is 10.9. The molecule has 0 bridgehead atoms. The Morgan fingerprint density at radius 2 is 1.86 bits per heavy atom. The number of hydrogen-bond acceptors (Lipinski definition) is 1. The van der Waals surface area contributed by atoms with E-state index in [2.05, 4.69) is 55.8 Å². The van der Waals surface area contributed by atoms with Crippen LogP contribution < -0.4 is 5.73 Å². The minimum absolute atomic E-state index is 0.152. The van der Waals surface area contributed by atoms with E-state index in [0.717, 1.165) is 6.42 Å². The highest BCUT2D eigenvalue weighted by Crippen LogP contribution is 2.26. The minimum atomic E-state index is -0.152. The van der Waals surface area contributed by atoms with Crippen LogP contribution in [0.25, 0.3) is 0 Å². The Hall–Kier alpha value is -0.340. The molecular weight excluding hydrogens is 238 g/mol.